The van der Waals surface area contributed by atoms with Gasteiger partial charge in [0.25, 0.3) is 5.91 Å². The zero-order chi connectivity index (χ0) is 22.0. The molecule has 2 atom stereocenters. The zero-order valence-electron chi connectivity index (χ0n) is 15.8. The van der Waals surface area contributed by atoms with Crippen LogP contribution in [0.2, 0.25) is 0 Å². The molecule has 0 aromatic heterocycles. The Kier molecular flexibility index (Phi) is 6.84. The van der Waals surface area contributed by atoms with Crippen molar-refractivity contribution in [2.45, 2.75) is 18.4 Å². The molecule has 158 valence electrons. The third-order valence-corrected chi connectivity index (χ3v) is 6.71. The lowest BCUT2D eigenvalue weighted by molar-refractivity contribution is -0.145. The van der Waals surface area contributed by atoms with Gasteiger partial charge in [-0.3, -0.25) is 19.3 Å². The summed E-state index contributed by atoms with van der Waals surface area (Å²) in [5.41, 5.74) is 1.07. The van der Waals surface area contributed by atoms with Gasteiger partial charge >= 0.3 is 11.9 Å². The first kappa shape index (κ1) is 22.3. The van der Waals surface area contributed by atoms with Crippen molar-refractivity contribution in [3.63, 3.8) is 0 Å². The lowest BCUT2D eigenvalue weighted by Crippen LogP contribution is -2.44. The second kappa shape index (κ2) is 9.19. The summed E-state index contributed by atoms with van der Waals surface area (Å²) in [7, 11) is 0. The van der Waals surface area contributed by atoms with Gasteiger partial charge in [0.05, 0.1) is 10.8 Å². The smallest absolute Gasteiger partial charge is 0.326 e. The molecule has 1 saturated heterocycles. The number of carboxylic acid groups (broad SMARTS) is 2. The van der Waals surface area contributed by atoms with Gasteiger partial charge in [-0.05, 0) is 36.1 Å². The van der Waals surface area contributed by atoms with Crippen molar-refractivity contribution in [3.8, 4) is 0 Å². The topological polar surface area (TPSA) is 115 Å². The van der Waals surface area contributed by atoms with Crippen molar-refractivity contribution >= 4 is 69.5 Å². The summed E-state index contributed by atoms with van der Waals surface area (Å²) in [6.45, 7) is -0.489. The predicted octanol–water partition coefficient (Wildman–Crippen LogP) is 2.15. The van der Waals surface area contributed by atoms with E-state index in [-0.39, 0.29) is 15.6 Å². The average molecular weight is 467 g/mol. The number of rotatable bonds is 8. The van der Waals surface area contributed by atoms with E-state index in [4.69, 9.17) is 17.3 Å². The molecule has 1 aromatic rings. The number of hydrogen-bond donors (Lipinski definition) is 2. The molecule has 1 fully saturated rings. The molecule has 30 heavy (non-hydrogen) atoms. The number of para-hydroxylation sites is 1. The van der Waals surface area contributed by atoms with E-state index in [1.807, 2.05) is 6.26 Å². The van der Waals surface area contributed by atoms with Crippen LogP contribution in [0.3, 0.4) is 0 Å². The minimum Gasteiger partial charge on any atom is -0.480 e. The number of carbonyl (C=O) groups is 4. The van der Waals surface area contributed by atoms with Crippen molar-refractivity contribution in [3.05, 3.63) is 40.8 Å². The van der Waals surface area contributed by atoms with Crippen LogP contribution < -0.4 is 4.90 Å². The van der Waals surface area contributed by atoms with Crippen molar-refractivity contribution in [2.75, 3.05) is 23.5 Å². The number of fused-ring (bicyclic) bond motifs is 1. The zero-order valence-corrected chi connectivity index (χ0v) is 18.3. The average Bonchev–Trinajstić information content (AvgIpc) is 3.11. The molecule has 2 aliphatic rings. The molecule has 8 nitrogen and oxygen atoms in total. The lowest BCUT2D eigenvalue weighted by Gasteiger charge is -2.22. The quantitative estimate of drug-likeness (QED) is 0.439. The second-order valence-electron chi connectivity index (χ2n) is 6.56. The molecule has 2 amide bonds. The Hall–Kier alpha value is -2.37. The van der Waals surface area contributed by atoms with Crippen LogP contribution in [0, 0.1) is 0 Å². The van der Waals surface area contributed by atoms with Gasteiger partial charge in [0, 0.05) is 5.69 Å². The van der Waals surface area contributed by atoms with E-state index < -0.39 is 42.3 Å². The predicted molar refractivity (Wildman–Crippen MR) is 119 cm³/mol. The second-order valence-corrected chi connectivity index (χ2v) is 9.23. The van der Waals surface area contributed by atoms with E-state index in [9.17, 15) is 24.3 Å². The molecule has 0 spiro atoms. The molecule has 0 radical (unpaired) electrons. The largest absolute Gasteiger partial charge is 0.480 e. The highest BCUT2D eigenvalue weighted by molar-refractivity contribution is 8.26. The number of carboxylic acids is 2. The van der Waals surface area contributed by atoms with Crippen LogP contribution >= 0.6 is 35.7 Å². The molecular formula is C19H18N2O6S3. The molecular weight excluding hydrogens is 448 g/mol. The van der Waals surface area contributed by atoms with Crippen molar-refractivity contribution in [1.82, 2.24) is 4.90 Å². The number of anilines is 1. The standard InChI is InChI=1S/C19H18N2O6S3/c1-29-7-6-13(18(26)27)21-17(25)14(30-19(21)28)8-11-10-4-2-3-5-12(10)20(16(11)24)9-15(22)23/h2-5,8,11,13H,6-7,9H2,1H3,(H,22,23)(H,26,27). The number of nitrogens with zero attached hydrogens (tertiary/aromatic N) is 2. The highest BCUT2D eigenvalue weighted by atomic mass is 32.2. The fourth-order valence-corrected chi connectivity index (χ4v) is 5.21. The highest BCUT2D eigenvalue weighted by Crippen LogP contribution is 2.41. The number of amides is 2. The van der Waals surface area contributed by atoms with Crippen LogP contribution in [0.4, 0.5) is 5.69 Å². The van der Waals surface area contributed by atoms with E-state index in [1.54, 1.807) is 24.3 Å². The summed E-state index contributed by atoms with van der Waals surface area (Å²) in [4.78, 5) is 51.1. The number of benzene rings is 1. The Morgan fingerprint density at radius 1 is 1.30 bits per heavy atom. The Morgan fingerprint density at radius 2 is 2.00 bits per heavy atom. The minimum absolute atomic E-state index is 0.126. The van der Waals surface area contributed by atoms with E-state index in [1.165, 1.54) is 17.8 Å². The van der Waals surface area contributed by atoms with Gasteiger partial charge in [0.15, 0.2) is 0 Å². The van der Waals surface area contributed by atoms with Crippen LogP contribution in [0.25, 0.3) is 0 Å². The van der Waals surface area contributed by atoms with E-state index in [0.717, 1.165) is 21.6 Å². The maximum absolute atomic E-state index is 13.0. The van der Waals surface area contributed by atoms with Gasteiger partial charge < -0.3 is 15.1 Å². The van der Waals surface area contributed by atoms with E-state index >= 15 is 0 Å². The third kappa shape index (κ3) is 4.23. The summed E-state index contributed by atoms with van der Waals surface area (Å²) in [6, 6.07) is 5.70. The van der Waals surface area contributed by atoms with Gasteiger partial charge in [-0.25, -0.2) is 4.79 Å². The van der Waals surface area contributed by atoms with E-state index in [0.29, 0.717) is 17.0 Å². The summed E-state index contributed by atoms with van der Waals surface area (Å²) in [6.07, 6.45) is 3.54. The Bertz CT molecular complexity index is 963. The lowest BCUT2D eigenvalue weighted by atomic mass is 10.00. The monoisotopic (exact) mass is 466 g/mol. The molecule has 0 saturated carbocycles. The fraction of sp³-hybridized carbons (Fsp3) is 0.316. The van der Waals surface area contributed by atoms with Gasteiger partial charge in [-0.1, -0.05) is 42.2 Å². The van der Waals surface area contributed by atoms with Crippen LogP contribution in [-0.4, -0.2) is 67.8 Å². The molecule has 2 aliphatic heterocycles. The number of hydrogen-bond acceptors (Lipinski definition) is 7. The fourth-order valence-electron chi connectivity index (χ4n) is 3.38. The molecule has 2 unspecified atom stereocenters. The van der Waals surface area contributed by atoms with Crippen molar-refractivity contribution < 1.29 is 29.4 Å². The summed E-state index contributed by atoms with van der Waals surface area (Å²) < 4.78 is 0.126. The normalized spacial score (nSPS) is 20.8. The summed E-state index contributed by atoms with van der Waals surface area (Å²) in [5.74, 6) is -3.60. The van der Waals surface area contributed by atoms with Crippen LogP contribution in [0.1, 0.15) is 17.9 Å². The first-order chi connectivity index (χ1) is 14.3. The molecule has 3 rings (SSSR count). The summed E-state index contributed by atoms with van der Waals surface area (Å²) >= 11 is 7.67. The Morgan fingerprint density at radius 3 is 2.63 bits per heavy atom. The Balaban J connectivity index is 1.92. The number of aliphatic carboxylic acids is 2. The van der Waals surface area contributed by atoms with Gasteiger partial charge in [-0.15, -0.1) is 0 Å². The Labute approximate surface area is 186 Å². The van der Waals surface area contributed by atoms with E-state index in [2.05, 4.69) is 0 Å². The first-order valence-corrected chi connectivity index (χ1v) is 11.5. The summed E-state index contributed by atoms with van der Waals surface area (Å²) in [5, 5.41) is 18.7. The maximum atomic E-state index is 13.0. The first-order valence-electron chi connectivity index (χ1n) is 8.87. The van der Waals surface area contributed by atoms with Crippen molar-refractivity contribution in [1.29, 1.82) is 0 Å². The minimum atomic E-state index is -1.15. The number of thiocarbonyl (C=S) groups is 1. The highest BCUT2D eigenvalue weighted by Gasteiger charge is 2.43. The number of thioether (sulfide) groups is 2. The molecule has 2 N–H and O–H groups in total. The van der Waals surface area contributed by atoms with Gasteiger partial charge in [0.2, 0.25) is 5.91 Å². The maximum Gasteiger partial charge on any atom is 0.326 e. The van der Waals surface area contributed by atoms with Crippen LogP contribution in [0.15, 0.2) is 35.2 Å². The molecule has 0 aliphatic carbocycles. The SMILES string of the molecule is CSCCC(C(=O)O)N1C(=O)C(=CC2C(=O)N(CC(=O)O)c3ccccc32)SC1=S. The molecule has 1 aromatic carbocycles. The van der Waals surface area contributed by atoms with Gasteiger partial charge in [-0.2, -0.15) is 11.8 Å². The molecule has 11 heteroatoms. The molecule has 0 bridgehead atoms. The van der Waals surface area contributed by atoms with Crippen LogP contribution in [0.5, 0.6) is 0 Å². The number of carbonyl (C=O) groups excluding carboxylic acids is 2. The van der Waals surface area contributed by atoms with Crippen LogP contribution in [-0.2, 0) is 19.2 Å². The van der Waals surface area contributed by atoms with Crippen molar-refractivity contribution in [2.24, 2.45) is 0 Å². The third-order valence-electron chi connectivity index (χ3n) is 4.72. The molecule has 2 heterocycles. The van der Waals surface area contributed by atoms with Gasteiger partial charge in [0.1, 0.15) is 16.9 Å².